The second-order valence-corrected chi connectivity index (χ2v) is 3.11. The molecule has 1 aromatic carbocycles. The Morgan fingerprint density at radius 1 is 1.31 bits per heavy atom. The molecular formula is C8H10BClO3. The normalized spacial score (nSPS) is 10.2. The van der Waals surface area contributed by atoms with Crippen molar-refractivity contribution in [1.82, 2.24) is 0 Å². The molecule has 1 rings (SSSR count). The second kappa shape index (κ2) is 4.62. The predicted molar refractivity (Wildman–Crippen MR) is 52.1 cm³/mol. The van der Waals surface area contributed by atoms with Crippen LogP contribution in [0.5, 0.6) is 0 Å². The highest BCUT2D eigenvalue weighted by Gasteiger charge is 2.12. The first-order chi connectivity index (χ1) is 6.15. The van der Waals surface area contributed by atoms with Gasteiger partial charge in [-0.2, -0.15) is 0 Å². The zero-order valence-corrected chi connectivity index (χ0v) is 7.70. The van der Waals surface area contributed by atoms with E-state index in [1.165, 1.54) is 6.07 Å². The number of halogens is 1. The van der Waals surface area contributed by atoms with Gasteiger partial charge in [0.1, 0.15) is 0 Å². The third kappa shape index (κ3) is 2.71. The molecule has 3 nitrogen and oxygen atoms in total. The summed E-state index contributed by atoms with van der Waals surface area (Å²) in [6.45, 7) is 0.0285. The fourth-order valence-electron chi connectivity index (χ4n) is 1.05. The summed E-state index contributed by atoms with van der Waals surface area (Å²) in [4.78, 5) is 0. The van der Waals surface area contributed by atoms with Crippen LogP contribution in [0, 0.1) is 0 Å². The Morgan fingerprint density at radius 2 is 2.00 bits per heavy atom. The van der Waals surface area contributed by atoms with Crippen molar-refractivity contribution in [2.24, 2.45) is 0 Å². The Morgan fingerprint density at radius 3 is 2.46 bits per heavy atom. The lowest BCUT2D eigenvalue weighted by Crippen LogP contribution is -2.29. The lowest BCUT2D eigenvalue weighted by molar-refractivity contribution is 0.299. The average molecular weight is 200 g/mol. The number of aliphatic hydroxyl groups excluding tert-OH is 1. The van der Waals surface area contributed by atoms with Crippen molar-refractivity contribution in [1.29, 1.82) is 0 Å². The van der Waals surface area contributed by atoms with Crippen molar-refractivity contribution < 1.29 is 15.2 Å². The zero-order valence-electron chi connectivity index (χ0n) is 6.94. The Labute approximate surface area is 81.7 Å². The van der Waals surface area contributed by atoms with Crippen LogP contribution in [-0.2, 0) is 6.42 Å². The molecular weight excluding hydrogens is 190 g/mol. The second-order valence-electron chi connectivity index (χ2n) is 2.70. The SMILES string of the molecule is OCCc1ccc(B(O)O)cc1Cl. The molecule has 5 heteroatoms. The van der Waals surface area contributed by atoms with E-state index in [-0.39, 0.29) is 6.61 Å². The molecule has 0 atom stereocenters. The van der Waals surface area contributed by atoms with E-state index in [1.54, 1.807) is 12.1 Å². The van der Waals surface area contributed by atoms with Crippen LogP contribution in [-0.4, -0.2) is 28.9 Å². The van der Waals surface area contributed by atoms with Gasteiger partial charge in [-0.15, -0.1) is 0 Å². The Hall–Kier alpha value is -0.545. The van der Waals surface area contributed by atoms with Gasteiger partial charge in [-0.05, 0) is 23.5 Å². The minimum Gasteiger partial charge on any atom is -0.423 e. The fourth-order valence-corrected chi connectivity index (χ4v) is 1.33. The summed E-state index contributed by atoms with van der Waals surface area (Å²) in [5.41, 5.74) is 1.15. The van der Waals surface area contributed by atoms with Crippen molar-refractivity contribution in [3.8, 4) is 0 Å². The Bertz CT molecular complexity index is 291. The maximum atomic E-state index is 8.82. The minimum absolute atomic E-state index is 0.0285. The van der Waals surface area contributed by atoms with Crippen molar-refractivity contribution in [2.75, 3.05) is 6.61 Å². The molecule has 0 aromatic heterocycles. The summed E-state index contributed by atoms with van der Waals surface area (Å²) in [6, 6.07) is 4.73. The summed E-state index contributed by atoms with van der Waals surface area (Å²) < 4.78 is 0. The molecule has 0 aliphatic rings. The van der Waals surface area contributed by atoms with E-state index in [2.05, 4.69) is 0 Å². The highest BCUT2D eigenvalue weighted by atomic mass is 35.5. The maximum absolute atomic E-state index is 8.82. The molecule has 0 saturated carbocycles. The van der Waals surface area contributed by atoms with Crippen molar-refractivity contribution in [3.63, 3.8) is 0 Å². The molecule has 1 aromatic rings. The summed E-state index contributed by atoms with van der Waals surface area (Å²) in [5, 5.41) is 26.7. The molecule has 70 valence electrons. The average Bonchev–Trinajstić information content (AvgIpc) is 2.08. The van der Waals surface area contributed by atoms with E-state index < -0.39 is 7.12 Å². The van der Waals surface area contributed by atoms with Crippen molar-refractivity contribution in [2.45, 2.75) is 6.42 Å². The number of rotatable bonds is 3. The van der Waals surface area contributed by atoms with E-state index >= 15 is 0 Å². The lowest BCUT2D eigenvalue weighted by atomic mass is 9.80. The van der Waals surface area contributed by atoms with Gasteiger partial charge < -0.3 is 15.2 Å². The van der Waals surface area contributed by atoms with Crippen LogP contribution in [0.2, 0.25) is 5.02 Å². The highest BCUT2D eigenvalue weighted by Crippen LogP contribution is 2.14. The van der Waals surface area contributed by atoms with Gasteiger partial charge in [-0.25, -0.2) is 0 Å². The van der Waals surface area contributed by atoms with E-state index in [0.29, 0.717) is 16.9 Å². The minimum atomic E-state index is -1.50. The molecule has 0 aliphatic carbocycles. The van der Waals surface area contributed by atoms with E-state index in [4.69, 9.17) is 26.8 Å². The van der Waals surface area contributed by atoms with Gasteiger partial charge in [0.15, 0.2) is 0 Å². The van der Waals surface area contributed by atoms with Crippen LogP contribution in [0.15, 0.2) is 18.2 Å². The zero-order chi connectivity index (χ0) is 9.84. The van der Waals surface area contributed by atoms with Gasteiger partial charge in [0, 0.05) is 11.6 Å². The standard InChI is InChI=1S/C8H10BClO3/c10-8-5-7(9(12)13)2-1-6(8)3-4-11/h1-2,5,11-13H,3-4H2. The molecule has 0 saturated heterocycles. The number of benzene rings is 1. The monoisotopic (exact) mass is 200 g/mol. The first kappa shape index (κ1) is 10.5. The molecule has 0 unspecified atom stereocenters. The molecule has 0 bridgehead atoms. The van der Waals surface area contributed by atoms with Gasteiger partial charge in [0.05, 0.1) is 0 Å². The number of aliphatic hydroxyl groups is 1. The third-order valence-electron chi connectivity index (χ3n) is 1.76. The maximum Gasteiger partial charge on any atom is 0.488 e. The van der Waals surface area contributed by atoms with Crippen LogP contribution in [0.3, 0.4) is 0 Å². The quantitative estimate of drug-likeness (QED) is 0.580. The Kier molecular flexibility index (Phi) is 3.75. The van der Waals surface area contributed by atoms with E-state index in [1.807, 2.05) is 0 Å². The Balaban J connectivity index is 2.92. The molecule has 0 amide bonds. The summed E-state index contributed by atoms with van der Waals surface area (Å²) in [5.74, 6) is 0. The number of hydrogen-bond donors (Lipinski definition) is 3. The van der Waals surface area contributed by atoms with Gasteiger partial charge in [0.2, 0.25) is 0 Å². The van der Waals surface area contributed by atoms with Crippen molar-refractivity contribution >= 4 is 24.2 Å². The van der Waals surface area contributed by atoms with E-state index in [0.717, 1.165) is 5.56 Å². The molecule has 0 fully saturated rings. The largest absolute Gasteiger partial charge is 0.488 e. The highest BCUT2D eigenvalue weighted by molar-refractivity contribution is 6.59. The molecule has 3 N–H and O–H groups in total. The van der Waals surface area contributed by atoms with Crippen molar-refractivity contribution in [3.05, 3.63) is 28.8 Å². The first-order valence-corrected chi connectivity index (χ1v) is 4.28. The van der Waals surface area contributed by atoms with Gasteiger partial charge in [-0.1, -0.05) is 23.7 Å². The molecule has 0 spiro atoms. The van der Waals surface area contributed by atoms with Crippen LogP contribution >= 0.6 is 11.6 Å². The van der Waals surface area contributed by atoms with Crippen LogP contribution < -0.4 is 5.46 Å². The third-order valence-corrected chi connectivity index (χ3v) is 2.11. The molecule has 0 radical (unpaired) electrons. The number of hydrogen-bond acceptors (Lipinski definition) is 3. The van der Waals surface area contributed by atoms with Gasteiger partial charge in [-0.3, -0.25) is 0 Å². The first-order valence-electron chi connectivity index (χ1n) is 3.90. The molecule has 0 aliphatic heterocycles. The molecule has 13 heavy (non-hydrogen) atoms. The van der Waals surface area contributed by atoms with Crippen LogP contribution in [0.4, 0.5) is 0 Å². The van der Waals surface area contributed by atoms with Gasteiger partial charge in [0.25, 0.3) is 0 Å². The van der Waals surface area contributed by atoms with Crippen LogP contribution in [0.1, 0.15) is 5.56 Å². The lowest BCUT2D eigenvalue weighted by Gasteiger charge is -2.04. The summed E-state index contributed by atoms with van der Waals surface area (Å²) >= 11 is 5.82. The van der Waals surface area contributed by atoms with Gasteiger partial charge >= 0.3 is 7.12 Å². The summed E-state index contributed by atoms with van der Waals surface area (Å²) in [6.07, 6.45) is 0.473. The molecule has 0 heterocycles. The topological polar surface area (TPSA) is 60.7 Å². The smallest absolute Gasteiger partial charge is 0.423 e. The van der Waals surface area contributed by atoms with E-state index in [9.17, 15) is 0 Å². The summed E-state index contributed by atoms with van der Waals surface area (Å²) in [7, 11) is -1.50. The predicted octanol–water partition coefficient (Wildman–Crippen LogP) is -0.445. The fraction of sp³-hybridized carbons (Fsp3) is 0.250. The van der Waals surface area contributed by atoms with Crippen LogP contribution in [0.25, 0.3) is 0 Å².